The number of aryl methyl sites for hydroxylation is 1. The molecule has 3 aromatic heterocycles. The molecule has 20 nitrogen and oxygen atoms in total. The second kappa shape index (κ2) is 16.5. The van der Waals surface area contributed by atoms with Crippen molar-refractivity contribution in [3.63, 3.8) is 0 Å². The Morgan fingerprint density at radius 3 is 2.38 bits per heavy atom. The van der Waals surface area contributed by atoms with Gasteiger partial charge in [-0.2, -0.15) is 5.10 Å². The van der Waals surface area contributed by atoms with Gasteiger partial charge in [-0.15, -0.1) is 10.2 Å². The molecule has 2 aliphatic rings. The van der Waals surface area contributed by atoms with Gasteiger partial charge >= 0.3 is 0 Å². The highest BCUT2D eigenvalue weighted by atomic mass is 16.5. The SMILES string of the molecule is CNC(=O)c1nnc(Nc2ccc(C(=O)NCCCNc3cccc4c3C(=O)N(C3CCC(=O)NC3=O)C4=O)cn2)cc1Nc1cccc(-c2ncn(C)n2)c1OC. The summed E-state index contributed by atoms with van der Waals surface area (Å²) in [6.45, 7) is 0.638. The Hall–Kier alpha value is -7.77. The fourth-order valence-electron chi connectivity index (χ4n) is 6.48. The minimum absolute atomic E-state index is 0.0272. The molecule has 6 amide bonds. The predicted octanol–water partition coefficient (Wildman–Crippen LogP) is 2.16. The van der Waals surface area contributed by atoms with Crippen LogP contribution in [0.3, 0.4) is 0 Å². The first kappa shape index (κ1) is 38.5. The molecule has 0 spiro atoms. The number of rotatable bonds is 14. The number of nitrogens with zero attached hydrogens (tertiary/aromatic N) is 7. The van der Waals surface area contributed by atoms with E-state index in [-0.39, 0.29) is 47.9 Å². The fourth-order valence-corrected chi connectivity index (χ4v) is 6.48. The van der Waals surface area contributed by atoms with Gasteiger partial charge in [0.2, 0.25) is 11.8 Å². The van der Waals surface area contributed by atoms with Crippen LogP contribution in [0.1, 0.15) is 60.8 Å². The van der Waals surface area contributed by atoms with Gasteiger partial charge in [0.05, 0.1) is 40.7 Å². The van der Waals surface area contributed by atoms with Gasteiger partial charge < -0.3 is 31.3 Å². The van der Waals surface area contributed by atoms with Crippen LogP contribution in [0.25, 0.3) is 11.4 Å². The molecular weight excluding hydrogens is 751 g/mol. The molecule has 0 radical (unpaired) electrons. The third-order valence-electron chi connectivity index (χ3n) is 9.27. The van der Waals surface area contributed by atoms with Crippen molar-refractivity contribution in [2.45, 2.75) is 25.3 Å². The summed E-state index contributed by atoms with van der Waals surface area (Å²) < 4.78 is 7.28. The molecule has 6 N–H and O–H groups in total. The molecule has 20 heteroatoms. The van der Waals surface area contributed by atoms with Crippen molar-refractivity contribution in [3.05, 3.63) is 89.5 Å². The molecule has 0 bridgehead atoms. The van der Waals surface area contributed by atoms with Crippen LogP contribution in [0, 0.1) is 0 Å². The first-order chi connectivity index (χ1) is 28.1. The Morgan fingerprint density at radius 1 is 0.879 bits per heavy atom. The summed E-state index contributed by atoms with van der Waals surface area (Å²) in [7, 11) is 4.76. The lowest BCUT2D eigenvalue weighted by Gasteiger charge is -2.27. The monoisotopic (exact) mass is 787 g/mol. The highest BCUT2D eigenvalue weighted by Crippen LogP contribution is 2.37. The molecule has 5 aromatic rings. The number of amides is 6. The predicted molar refractivity (Wildman–Crippen MR) is 208 cm³/mol. The first-order valence-corrected chi connectivity index (χ1v) is 18.1. The number of carbonyl (C=O) groups is 6. The lowest BCUT2D eigenvalue weighted by Crippen LogP contribution is -2.54. The summed E-state index contributed by atoms with van der Waals surface area (Å²) in [5.41, 5.74) is 2.55. The average Bonchev–Trinajstić information content (AvgIpc) is 3.77. The smallest absolute Gasteiger partial charge is 0.273 e. The molecule has 0 aliphatic carbocycles. The van der Waals surface area contributed by atoms with Gasteiger partial charge in [0.1, 0.15) is 18.2 Å². The van der Waals surface area contributed by atoms with Gasteiger partial charge in [-0.05, 0) is 49.2 Å². The number of anilines is 5. The number of nitrogens with one attached hydrogen (secondary N) is 6. The van der Waals surface area contributed by atoms with Crippen molar-refractivity contribution in [2.75, 3.05) is 43.2 Å². The summed E-state index contributed by atoms with van der Waals surface area (Å²) in [4.78, 5) is 85.6. The Kier molecular flexibility index (Phi) is 11.0. The van der Waals surface area contributed by atoms with Crippen LogP contribution >= 0.6 is 0 Å². The zero-order chi connectivity index (χ0) is 40.9. The molecule has 5 heterocycles. The quantitative estimate of drug-likeness (QED) is 0.0696. The lowest BCUT2D eigenvalue weighted by molar-refractivity contribution is -0.136. The van der Waals surface area contributed by atoms with Gasteiger partial charge in [-0.1, -0.05) is 12.1 Å². The van der Waals surface area contributed by atoms with E-state index in [9.17, 15) is 28.8 Å². The lowest BCUT2D eigenvalue weighted by atomic mass is 10.0. The number of imide groups is 2. The third kappa shape index (κ3) is 7.83. The molecule has 1 unspecified atom stereocenters. The van der Waals surface area contributed by atoms with Crippen molar-refractivity contribution in [3.8, 4) is 17.1 Å². The average molecular weight is 788 g/mol. The number of fused-ring (bicyclic) bond motifs is 1. The highest BCUT2D eigenvalue weighted by Gasteiger charge is 2.45. The summed E-state index contributed by atoms with van der Waals surface area (Å²) in [5, 5.41) is 29.6. The van der Waals surface area contributed by atoms with E-state index < -0.39 is 35.6 Å². The van der Waals surface area contributed by atoms with Gasteiger partial charge in [0.25, 0.3) is 23.6 Å². The van der Waals surface area contributed by atoms with Gasteiger partial charge in [-0.3, -0.25) is 43.7 Å². The summed E-state index contributed by atoms with van der Waals surface area (Å²) >= 11 is 0. The van der Waals surface area contributed by atoms with Gasteiger partial charge in [-0.25, -0.2) is 9.97 Å². The number of pyridine rings is 1. The molecule has 1 saturated heterocycles. The highest BCUT2D eigenvalue weighted by molar-refractivity contribution is 6.25. The van der Waals surface area contributed by atoms with Gasteiger partial charge in [0, 0.05) is 51.6 Å². The number of hydrogen-bond acceptors (Lipinski definition) is 15. The molecule has 0 saturated carbocycles. The molecule has 1 fully saturated rings. The van der Waals surface area contributed by atoms with E-state index in [2.05, 4.69) is 57.2 Å². The number of piperidine rings is 1. The molecule has 58 heavy (non-hydrogen) atoms. The number of hydrogen-bond donors (Lipinski definition) is 6. The van der Waals surface area contributed by atoms with E-state index in [0.717, 1.165) is 4.90 Å². The second-order valence-corrected chi connectivity index (χ2v) is 13.1. The maximum atomic E-state index is 13.3. The van der Waals surface area contributed by atoms with Crippen LogP contribution in [-0.4, -0.2) is 104 Å². The van der Waals surface area contributed by atoms with Crippen LogP contribution in [0.2, 0.25) is 0 Å². The number of carbonyl (C=O) groups excluding carboxylic acids is 6. The van der Waals surface area contributed by atoms with E-state index >= 15 is 0 Å². The van der Waals surface area contributed by atoms with Crippen LogP contribution < -0.4 is 36.6 Å². The Bertz CT molecular complexity index is 2450. The molecule has 1 atom stereocenters. The van der Waals surface area contributed by atoms with E-state index in [1.807, 2.05) is 6.07 Å². The zero-order valence-electron chi connectivity index (χ0n) is 31.5. The Balaban J connectivity index is 0.948. The van der Waals surface area contributed by atoms with Crippen molar-refractivity contribution in [2.24, 2.45) is 7.05 Å². The van der Waals surface area contributed by atoms with Crippen LogP contribution in [0.5, 0.6) is 5.75 Å². The van der Waals surface area contributed by atoms with Crippen molar-refractivity contribution in [1.29, 1.82) is 0 Å². The minimum atomic E-state index is -1.06. The maximum absolute atomic E-state index is 13.3. The first-order valence-electron chi connectivity index (χ1n) is 18.1. The molecule has 2 aliphatic heterocycles. The second-order valence-electron chi connectivity index (χ2n) is 13.1. The van der Waals surface area contributed by atoms with Crippen LogP contribution in [0.15, 0.2) is 67.1 Å². The molecular formula is C38H37N13O7. The van der Waals surface area contributed by atoms with Gasteiger partial charge in [0.15, 0.2) is 23.1 Å². The van der Waals surface area contributed by atoms with Crippen LogP contribution in [0.4, 0.5) is 28.7 Å². The normalized spacial score (nSPS) is 14.7. The molecule has 2 aromatic carbocycles. The van der Waals surface area contributed by atoms with Crippen molar-refractivity contribution < 1.29 is 33.5 Å². The number of benzene rings is 2. The maximum Gasteiger partial charge on any atom is 0.273 e. The zero-order valence-corrected chi connectivity index (χ0v) is 31.5. The minimum Gasteiger partial charge on any atom is -0.494 e. The fraction of sp³-hybridized carbons (Fsp3) is 0.237. The molecule has 296 valence electrons. The van der Waals surface area contributed by atoms with Crippen LogP contribution in [-0.2, 0) is 16.6 Å². The standard InChI is InChI=1S/C38H37N13O7/c1-39-36(55)31-25(44-24-10-5-8-22(32(24)58-3)33-43-19-50(2)49-33)17-28(47-48-31)45-27-13-11-20(18-42-27)34(53)41-16-6-15-40-23-9-4-7-21-30(23)38(57)51(37(21)56)26-12-14-29(52)46-35(26)54/h4-5,7-11,13,17-19,26,40H,6,12,14-16H2,1-3H3,(H,39,55)(H,41,53)(H,46,52,54)(H2,42,44,45,47). The summed E-state index contributed by atoms with van der Waals surface area (Å²) in [6.07, 6.45) is 3.54. The van der Waals surface area contributed by atoms with E-state index in [1.54, 1.807) is 60.5 Å². The third-order valence-corrected chi connectivity index (χ3v) is 9.27. The summed E-state index contributed by atoms with van der Waals surface area (Å²) in [5.74, 6) is -1.64. The topological polar surface area (TPSA) is 256 Å². The Labute approximate surface area is 330 Å². The van der Waals surface area contributed by atoms with E-state index in [4.69, 9.17) is 4.74 Å². The number of aromatic nitrogens is 6. The van der Waals surface area contributed by atoms with E-state index in [0.29, 0.717) is 58.5 Å². The molecule has 7 rings (SSSR count). The Morgan fingerprint density at radius 2 is 1.67 bits per heavy atom. The number of methoxy groups -OCH3 is 1. The van der Waals surface area contributed by atoms with E-state index in [1.165, 1.54) is 26.4 Å². The number of ether oxygens (including phenoxy) is 1. The van der Waals surface area contributed by atoms with Crippen molar-refractivity contribution in [1.82, 2.24) is 50.8 Å². The largest absolute Gasteiger partial charge is 0.494 e. The summed E-state index contributed by atoms with van der Waals surface area (Å²) in [6, 6.07) is 13.9. The number of para-hydroxylation sites is 1. The van der Waals surface area contributed by atoms with Crippen molar-refractivity contribution >= 4 is 64.1 Å².